The minimum Gasteiger partial charge on any atom is -0.377 e. The number of anilines is 1. The van der Waals surface area contributed by atoms with Crippen molar-refractivity contribution in [2.45, 2.75) is 19.5 Å². The molecule has 1 aromatic carbocycles. The molecule has 0 bridgehead atoms. The van der Waals surface area contributed by atoms with Gasteiger partial charge in [-0.1, -0.05) is 28.2 Å². The largest absolute Gasteiger partial charge is 0.377 e. The van der Waals surface area contributed by atoms with Crippen LogP contribution in [0.2, 0.25) is 5.02 Å². The van der Waals surface area contributed by atoms with E-state index in [0.29, 0.717) is 6.04 Å². The summed E-state index contributed by atoms with van der Waals surface area (Å²) in [6, 6.07) is 8.25. The van der Waals surface area contributed by atoms with Crippen LogP contribution in [0.3, 0.4) is 0 Å². The first-order valence-corrected chi connectivity index (χ1v) is 7.21. The number of hydrogen-bond donors (Lipinski definition) is 1. The van der Waals surface area contributed by atoms with Crippen molar-refractivity contribution >= 4 is 28.1 Å². The van der Waals surface area contributed by atoms with E-state index in [2.05, 4.69) is 45.9 Å². The lowest BCUT2D eigenvalue weighted by molar-refractivity contribution is 0.250. The van der Waals surface area contributed by atoms with Crippen LogP contribution in [0.15, 0.2) is 24.3 Å². The summed E-state index contributed by atoms with van der Waals surface area (Å²) in [7, 11) is 3.97. The van der Waals surface area contributed by atoms with Gasteiger partial charge >= 0.3 is 0 Å². The first-order valence-electron chi connectivity index (χ1n) is 6.06. The average Bonchev–Trinajstić information content (AvgIpc) is 2.86. The highest BCUT2D eigenvalue weighted by atomic mass is 35.5. The van der Waals surface area contributed by atoms with E-state index in [1.807, 2.05) is 19.2 Å². The number of aromatic nitrogens is 2. The second-order valence-corrected chi connectivity index (χ2v) is 5.63. The van der Waals surface area contributed by atoms with E-state index >= 15 is 0 Å². The summed E-state index contributed by atoms with van der Waals surface area (Å²) < 4.78 is 3.97. The van der Waals surface area contributed by atoms with E-state index in [1.54, 1.807) is 0 Å². The van der Waals surface area contributed by atoms with Crippen LogP contribution in [0.1, 0.15) is 24.2 Å². The molecular weight excluding hydrogens is 280 g/mol. The monoisotopic (exact) mass is 296 g/mol. The van der Waals surface area contributed by atoms with E-state index in [4.69, 9.17) is 11.6 Å². The van der Waals surface area contributed by atoms with Crippen molar-refractivity contribution in [1.82, 2.24) is 14.5 Å². The predicted molar refractivity (Wildman–Crippen MR) is 80.8 cm³/mol. The fourth-order valence-corrected chi connectivity index (χ4v) is 2.52. The summed E-state index contributed by atoms with van der Waals surface area (Å²) in [5.74, 6) is 0. The number of halogens is 1. The van der Waals surface area contributed by atoms with Gasteiger partial charge in [0.15, 0.2) is 0 Å². The van der Waals surface area contributed by atoms with Gasteiger partial charge in [-0.25, -0.2) is 0 Å². The molecule has 1 aromatic heterocycles. The van der Waals surface area contributed by atoms with E-state index < -0.39 is 0 Å². The summed E-state index contributed by atoms with van der Waals surface area (Å²) >= 11 is 7.30. The van der Waals surface area contributed by atoms with Gasteiger partial charge < -0.3 is 5.32 Å². The van der Waals surface area contributed by atoms with E-state index in [9.17, 15) is 0 Å². The molecule has 0 saturated carbocycles. The van der Waals surface area contributed by atoms with Gasteiger partial charge in [0.05, 0.1) is 0 Å². The van der Waals surface area contributed by atoms with Crippen LogP contribution in [0.4, 0.5) is 5.00 Å². The zero-order chi connectivity index (χ0) is 13.8. The smallest absolute Gasteiger partial charge is 0.134 e. The molecule has 0 radical (unpaired) electrons. The Balaban J connectivity index is 2.07. The molecule has 0 fully saturated rings. The zero-order valence-electron chi connectivity index (χ0n) is 11.2. The minimum atomic E-state index is 0.295. The van der Waals surface area contributed by atoms with Crippen LogP contribution in [0.25, 0.3) is 0 Å². The van der Waals surface area contributed by atoms with Crippen molar-refractivity contribution in [2.75, 3.05) is 19.4 Å². The molecule has 19 heavy (non-hydrogen) atoms. The molecule has 4 nitrogen and oxygen atoms in total. The van der Waals surface area contributed by atoms with Crippen LogP contribution in [0.5, 0.6) is 0 Å². The van der Waals surface area contributed by atoms with Crippen LogP contribution in [-0.4, -0.2) is 28.6 Å². The molecule has 6 heteroatoms. The Morgan fingerprint density at radius 3 is 2.68 bits per heavy atom. The number of nitrogens with one attached hydrogen (secondary N) is 1. The average molecular weight is 297 g/mol. The molecule has 0 amide bonds. The molecule has 0 aliphatic rings. The number of hydrogen-bond acceptors (Lipinski definition) is 5. The molecular formula is C13H17ClN4S. The third-order valence-electron chi connectivity index (χ3n) is 3.20. The highest BCUT2D eigenvalue weighted by Crippen LogP contribution is 2.24. The number of benzene rings is 1. The van der Waals surface area contributed by atoms with Gasteiger partial charge in [-0.15, -0.1) is 5.10 Å². The summed E-state index contributed by atoms with van der Waals surface area (Å²) in [6.45, 7) is 2.93. The van der Waals surface area contributed by atoms with Crippen molar-refractivity contribution in [3.05, 3.63) is 40.5 Å². The van der Waals surface area contributed by atoms with Crippen LogP contribution in [0, 0.1) is 0 Å². The Labute approximate surface area is 122 Å². The second-order valence-electron chi connectivity index (χ2n) is 4.44. The SMILES string of the molecule is CNc1snnc1CN(C)C(C)c1ccc(Cl)cc1. The summed E-state index contributed by atoms with van der Waals surface area (Å²) in [4.78, 5) is 2.24. The van der Waals surface area contributed by atoms with Crippen molar-refractivity contribution in [1.29, 1.82) is 0 Å². The van der Waals surface area contributed by atoms with Crippen molar-refractivity contribution in [2.24, 2.45) is 0 Å². The molecule has 0 aliphatic carbocycles. The van der Waals surface area contributed by atoms with Gasteiger partial charge in [-0.3, -0.25) is 4.90 Å². The molecule has 0 saturated heterocycles. The van der Waals surface area contributed by atoms with Crippen molar-refractivity contribution in [3.63, 3.8) is 0 Å². The third-order valence-corrected chi connectivity index (χ3v) is 4.23. The fraction of sp³-hybridized carbons (Fsp3) is 0.385. The van der Waals surface area contributed by atoms with E-state index in [1.165, 1.54) is 17.1 Å². The van der Waals surface area contributed by atoms with E-state index in [0.717, 1.165) is 22.3 Å². The van der Waals surface area contributed by atoms with Crippen LogP contribution in [-0.2, 0) is 6.54 Å². The molecule has 102 valence electrons. The molecule has 1 atom stereocenters. The first-order chi connectivity index (χ1) is 9.11. The maximum atomic E-state index is 5.91. The Morgan fingerprint density at radius 2 is 2.05 bits per heavy atom. The Kier molecular flexibility index (Phi) is 4.74. The van der Waals surface area contributed by atoms with Crippen molar-refractivity contribution in [3.8, 4) is 0 Å². The van der Waals surface area contributed by atoms with Gasteiger partial charge in [0.2, 0.25) is 0 Å². The van der Waals surface area contributed by atoms with E-state index in [-0.39, 0.29) is 0 Å². The Hall–Kier alpha value is -1.17. The predicted octanol–water partition coefficient (Wildman–Crippen LogP) is 3.43. The highest BCUT2D eigenvalue weighted by Gasteiger charge is 2.15. The number of nitrogens with zero attached hydrogens (tertiary/aromatic N) is 3. The van der Waals surface area contributed by atoms with Gasteiger partial charge in [0.25, 0.3) is 0 Å². The fourth-order valence-electron chi connectivity index (χ4n) is 1.87. The lowest BCUT2D eigenvalue weighted by atomic mass is 10.1. The van der Waals surface area contributed by atoms with Gasteiger partial charge in [0.1, 0.15) is 10.7 Å². The summed E-state index contributed by atoms with van der Waals surface area (Å²) in [5, 5.41) is 9.06. The highest BCUT2D eigenvalue weighted by molar-refractivity contribution is 7.10. The number of rotatable bonds is 5. The molecule has 2 rings (SSSR count). The minimum absolute atomic E-state index is 0.295. The molecule has 0 aliphatic heterocycles. The molecule has 2 aromatic rings. The topological polar surface area (TPSA) is 41.1 Å². The third kappa shape index (κ3) is 3.43. The first kappa shape index (κ1) is 14.2. The molecule has 0 spiro atoms. The van der Waals surface area contributed by atoms with Crippen LogP contribution < -0.4 is 5.32 Å². The van der Waals surface area contributed by atoms with Gasteiger partial charge in [-0.2, -0.15) is 0 Å². The maximum Gasteiger partial charge on any atom is 0.134 e. The van der Waals surface area contributed by atoms with Gasteiger partial charge in [-0.05, 0) is 31.7 Å². The summed E-state index contributed by atoms with van der Waals surface area (Å²) in [5.41, 5.74) is 2.22. The quantitative estimate of drug-likeness (QED) is 0.918. The standard InChI is InChI=1S/C13H17ClN4S/c1-9(10-4-6-11(14)7-5-10)18(3)8-12-13(15-2)19-17-16-12/h4-7,9,15H,8H2,1-3H3. The van der Waals surface area contributed by atoms with Gasteiger partial charge in [0, 0.05) is 36.2 Å². The normalized spacial score (nSPS) is 12.7. The lowest BCUT2D eigenvalue weighted by Crippen LogP contribution is -2.22. The zero-order valence-corrected chi connectivity index (χ0v) is 12.8. The van der Waals surface area contributed by atoms with Crippen LogP contribution >= 0.6 is 23.1 Å². The molecule has 1 N–H and O–H groups in total. The summed E-state index contributed by atoms with van der Waals surface area (Å²) in [6.07, 6.45) is 0. The lowest BCUT2D eigenvalue weighted by Gasteiger charge is -2.24. The van der Waals surface area contributed by atoms with Crippen molar-refractivity contribution < 1.29 is 0 Å². The Morgan fingerprint density at radius 1 is 1.37 bits per heavy atom. The second kappa shape index (κ2) is 6.32. The maximum absolute atomic E-state index is 5.91. The molecule has 1 heterocycles. The Bertz CT molecular complexity index is 526. The molecule has 1 unspecified atom stereocenters.